The average Bonchev–Trinajstić information content (AvgIpc) is 3.03. The number of ether oxygens (including phenoxy) is 2. The number of phenols is 2. The number of carbonyl (C=O) groups is 2. The molecule has 1 spiro atoms. The van der Waals surface area contributed by atoms with Crippen LogP contribution < -0.4 is 4.74 Å². The number of esters is 1. The molecule has 11 heteroatoms. The van der Waals surface area contributed by atoms with Crippen molar-refractivity contribution in [2.24, 2.45) is 0 Å². The van der Waals surface area contributed by atoms with Crippen LogP contribution in [0, 0.1) is 0 Å². The third-order valence-corrected chi connectivity index (χ3v) is 6.62. The molecule has 0 atom stereocenters. The van der Waals surface area contributed by atoms with Crippen molar-refractivity contribution in [3.63, 3.8) is 0 Å². The fourth-order valence-corrected chi connectivity index (χ4v) is 4.97. The number of rotatable bonds is 1. The monoisotopic (exact) mass is 512 g/mol. The molecule has 5 rings (SSSR count). The number of aromatic hydroxyl groups is 2. The van der Waals surface area contributed by atoms with Gasteiger partial charge in [-0.05, 0) is 18.2 Å². The minimum atomic E-state index is -1.88. The van der Waals surface area contributed by atoms with Crippen molar-refractivity contribution < 1.29 is 34.4 Å². The molecular weight excluding hydrogens is 506 g/mol. The van der Waals surface area contributed by atoms with Crippen molar-refractivity contribution in [3.8, 4) is 23.0 Å². The van der Waals surface area contributed by atoms with Gasteiger partial charge in [-0.2, -0.15) is 0 Å². The summed E-state index contributed by atoms with van der Waals surface area (Å²) in [7, 11) is 0. The van der Waals surface area contributed by atoms with E-state index < -0.39 is 17.5 Å². The highest BCUT2D eigenvalue weighted by atomic mass is 35.5. The largest absolute Gasteiger partial charge is 0.506 e. The number of phenolic OH excluding ortho intramolecular Hbond substituents is 2. The van der Waals surface area contributed by atoms with E-state index in [4.69, 9.17) is 55.9 Å². The van der Waals surface area contributed by atoms with Crippen LogP contribution in [-0.2, 0) is 10.3 Å². The van der Waals surface area contributed by atoms with Gasteiger partial charge in [0.1, 0.15) is 23.0 Å². The normalized spacial score (nSPS) is 14.9. The molecule has 0 unspecified atom stereocenters. The summed E-state index contributed by atoms with van der Waals surface area (Å²) in [5.74, 6) is -2.86. The van der Waals surface area contributed by atoms with Crippen LogP contribution in [0.25, 0.3) is 0 Å². The number of aromatic carboxylic acids is 1. The van der Waals surface area contributed by atoms with Crippen molar-refractivity contribution in [1.29, 1.82) is 0 Å². The molecule has 0 fully saturated rings. The number of hydrogen-bond donors (Lipinski definition) is 3. The Labute approximate surface area is 199 Å². The van der Waals surface area contributed by atoms with Gasteiger partial charge < -0.3 is 24.8 Å². The highest BCUT2D eigenvalue weighted by Gasteiger charge is 2.56. The smallest absolute Gasteiger partial charge is 0.341 e. The maximum atomic E-state index is 13.0. The highest BCUT2D eigenvalue weighted by Crippen LogP contribution is 2.60. The number of carbonyl (C=O) groups excluding carboxylic acids is 1. The molecular formula is C21H8Cl4O7. The Bertz CT molecular complexity index is 1340. The van der Waals surface area contributed by atoms with Gasteiger partial charge in [0.05, 0.1) is 31.2 Å². The highest BCUT2D eigenvalue weighted by molar-refractivity contribution is 6.39. The summed E-state index contributed by atoms with van der Waals surface area (Å²) in [4.78, 5) is 24.8. The summed E-state index contributed by atoms with van der Waals surface area (Å²) < 4.78 is 11.7. The van der Waals surface area contributed by atoms with E-state index in [-0.39, 0.29) is 70.9 Å². The van der Waals surface area contributed by atoms with E-state index in [0.29, 0.717) is 0 Å². The third-order valence-electron chi connectivity index (χ3n) is 5.32. The molecule has 3 aromatic rings. The molecule has 3 N–H and O–H groups in total. The molecule has 162 valence electrons. The molecule has 2 aliphatic rings. The molecule has 0 aromatic heterocycles. The molecule has 3 aromatic carbocycles. The number of hydrogen-bond acceptors (Lipinski definition) is 6. The van der Waals surface area contributed by atoms with Crippen LogP contribution >= 0.6 is 46.4 Å². The summed E-state index contributed by atoms with van der Waals surface area (Å²) in [6.07, 6.45) is 0. The zero-order chi connectivity index (χ0) is 23.1. The van der Waals surface area contributed by atoms with Crippen LogP contribution in [0.15, 0.2) is 30.3 Å². The Balaban J connectivity index is 2.00. The van der Waals surface area contributed by atoms with E-state index in [0.717, 1.165) is 6.07 Å². The maximum absolute atomic E-state index is 13.0. The lowest BCUT2D eigenvalue weighted by Crippen LogP contribution is -2.33. The number of carboxylic acid groups (broad SMARTS) is 1. The van der Waals surface area contributed by atoms with Gasteiger partial charge in [0.15, 0.2) is 5.60 Å². The molecule has 0 radical (unpaired) electrons. The first-order chi connectivity index (χ1) is 15.1. The second-order valence-electron chi connectivity index (χ2n) is 7.05. The van der Waals surface area contributed by atoms with Crippen LogP contribution in [0.2, 0.25) is 20.1 Å². The molecule has 0 aliphatic carbocycles. The molecule has 2 aliphatic heterocycles. The fraction of sp³-hybridized carbons (Fsp3) is 0.0476. The Hall–Kier alpha value is -2.84. The number of halogens is 4. The Morgan fingerprint density at radius 1 is 0.844 bits per heavy atom. The molecule has 2 heterocycles. The van der Waals surface area contributed by atoms with E-state index in [1.807, 2.05) is 0 Å². The maximum Gasteiger partial charge on any atom is 0.341 e. The standard InChI is InChI=1S/C21H8Cl4O7/c22-9-2-7-14(4-12(9)26)31-15-5-13(27)10(23)3-8(15)21(7)17-16(20(30)32-21)11(24)1-6(18(17)25)19(28)29/h1-5,26-27H,(H,28,29). The van der Waals surface area contributed by atoms with Crippen molar-refractivity contribution in [3.05, 3.63) is 78.2 Å². The SMILES string of the molecule is O=C(O)c1cc(Cl)c2c(c1Cl)C1(OC2=O)c2cc(Cl)c(O)cc2Oc2cc(O)c(Cl)cc21. The summed E-state index contributed by atoms with van der Waals surface area (Å²) >= 11 is 25.1. The first-order valence-electron chi connectivity index (χ1n) is 8.79. The van der Waals surface area contributed by atoms with Gasteiger partial charge in [-0.15, -0.1) is 0 Å². The second kappa shape index (κ2) is 6.83. The lowest BCUT2D eigenvalue weighted by Gasteiger charge is -2.37. The summed E-state index contributed by atoms with van der Waals surface area (Å²) in [5.41, 5.74) is -2.16. The van der Waals surface area contributed by atoms with Gasteiger partial charge in [0, 0.05) is 28.8 Å². The van der Waals surface area contributed by atoms with E-state index in [1.54, 1.807) is 0 Å². The zero-order valence-electron chi connectivity index (χ0n) is 15.4. The molecule has 32 heavy (non-hydrogen) atoms. The van der Waals surface area contributed by atoms with Crippen molar-refractivity contribution in [1.82, 2.24) is 0 Å². The zero-order valence-corrected chi connectivity index (χ0v) is 18.4. The first kappa shape index (κ1) is 21.0. The topological polar surface area (TPSA) is 113 Å². The van der Waals surface area contributed by atoms with Crippen LogP contribution in [0.3, 0.4) is 0 Å². The predicted molar refractivity (Wildman–Crippen MR) is 115 cm³/mol. The van der Waals surface area contributed by atoms with Gasteiger partial charge in [-0.1, -0.05) is 46.4 Å². The van der Waals surface area contributed by atoms with Gasteiger partial charge in [-0.3, -0.25) is 0 Å². The summed E-state index contributed by atoms with van der Waals surface area (Å²) in [6, 6.07) is 6.04. The minimum absolute atomic E-state index is 0.0229. The van der Waals surface area contributed by atoms with Gasteiger partial charge in [-0.25, -0.2) is 9.59 Å². The number of carboxylic acids is 1. The first-order valence-corrected chi connectivity index (χ1v) is 10.3. The molecule has 0 saturated heterocycles. The Morgan fingerprint density at radius 2 is 1.38 bits per heavy atom. The van der Waals surface area contributed by atoms with Crippen LogP contribution in [-0.4, -0.2) is 27.3 Å². The lowest BCUT2D eigenvalue weighted by molar-refractivity contribution is 0.0224. The van der Waals surface area contributed by atoms with Gasteiger partial charge >= 0.3 is 11.9 Å². The Kier molecular flexibility index (Phi) is 4.49. The average molecular weight is 514 g/mol. The molecule has 0 saturated carbocycles. The predicted octanol–water partition coefficient (Wildman–Crippen LogP) is 5.98. The number of fused-ring (bicyclic) bond motifs is 6. The third kappa shape index (κ3) is 2.62. The molecule has 0 amide bonds. The van der Waals surface area contributed by atoms with Crippen molar-refractivity contribution in [2.75, 3.05) is 0 Å². The minimum Gasteiger partial charge on any atom is -0.506 e. The summed E-state index contributed by atoms with van der Waals surface area (Å²) in [5, 5.41) is 29.1. The van der Waals surface area contributed by atoms with Crippen molar-refractivity contribution >= 4 is 58.3 Å². The fourth-order valence-electron chi connectivity index (χ4n) is 4.00. The van der Waals surface area contributed by atoms with Crippen LogP contribution in [0.5, 0.6) is 23.0 Å². The van der Waals surface area contributed by atoms with Crippen molar-refractivity contribution in [2.45, 2.75) is 5.60 Å². The molecule has 7 nitrogen and oxygen atoms in total. The van der Waals surface area contributed by atoms with Crippen LogP contribution in [0.1, 0.15) is 37.4 Å². The van der Waals surface area contributed by atoms with E-state index in [1.165, 1.54) is 24.3 Å². The van der Waals surface area contributed by atoms with E-state index in [9.17, 15) is 24.9 Å². The summed E-state index contributed by atoms with van der Waals surface area (Å²) in [6.45, 7) is 0. The van der Waals surface area contributed by atoms with Gasteiger partial charge in [0.25, 0.3) is 0 Å². The van der Waals surface area contributed by atoms with E-state index >= 15 is 0 Å². The second-order valence-corrected chi connectivity index (χ2v) is 8.65. The quantitative estimate of drug-likeness (QED) is 0.343. The number of benzene rings is 3. The molecule has 0 bridgehead atoms. The van der Waals surface area contributed by atoms with Crippen LogP contribution in [0.4, 0.5) is 0 Å². The van der Waals surface area contributed by atoms with E-state index in [2.05, 4.69) is 0 Å². The van der Waals surface area contributed by atoms with Gasteiger partial charge in [0.2, 0.25) is 0 Å². The Morgan fingerprint density at radius 3 is 1.88 bits per heavy atom. The lowest BCUT2D eigenvalue weighted by atomic mass is 9.77.